The van der Waals surface area contributed by atoms with Gasteiger partial charge in [-0.1, -0.05) is 50.1 Å². The molecule has 1 saturated heterocycles. The molecule has 1 heterocycles. The lowest BCUT2D eigenvalue weighted by molar-refractivity contribution is -0.131. The predicted molar refractivity (Wildman–Crippen MR) is 67.1 cm³/mol. The fourth-order valence-corrected chi connectivity index (χ4v) is 2.28. The second-order valence-electron chi connectivity index (χ2n) is 4.58. The number of hydrogen-bond donors (Lipinski definition) is 1. The summed E-state index contributed by atoms with van der Waals surface area (Å²) < 4.78 is 5.04. The SMILES string of the molecule is CCCCC1(c2ccccc2)COC(=O)NC1=O. The first-order valence-electron chi connectivity index (χ1n) is 6.23. The third-order valence-corrected chi connectivity index (χ3v) is 3.38. The van der Waals surface area contributed by atoms with E-state index in [2.05, 4.69) is 12.2 Å². The molecule has 18 heavy (non-hydrogen) atoms. The first kappa shape index (κ1) is 12.6. The number of carbonyl (C=O) groups is 2. The number of cyclic esters (lactones) is 1. The van der Waals surface area contributed by atoms with E-state index in [-0.39, 0.29) is 12.5 Å². The van der Waals surface area contributed by atoms with E-state index in [0.717, 1.165) is 18.4 Å². The zero-order valence-electron chi connectivity index (χ0n) is 10.4. The summed E-state index contributed by atoms with van der Waals surface area (Å²) in [6.07, 6.45) is 1.95. The minimum Gasteiger partial charge on any atom is -0.448 e. The number of benzene rings is 1. The summed E-state index contributed by atoms with van der Waals surface area (Å²) in [7, 11) is 0. The van der Waals surface area contributed by atoms with Crippen molar-refractivity contribution in [3.8, 4) is 0 Å². The van der Waals surface area contributed by atoms with E-state index in [0.29, 0.717) is 6.42 Å². The van der Waals surface area contributed by atoms with Crippen molar-refractivity contribution in [2.24, 2.45) is 0 Å². The van der Waals surface area contributed by atoms with Crippen LogP contribution in [0.3, 0.4) is 0 Å². The van der Waals surface area contributed by atoms with Crippen molar-refractivity contribution in [3.05, 3.63) is 35.9 Å². The molecule has 2 amide bonds. The van der Waals surface area contributed by atoms with Gasteiger partial charge in [0, 0.05) is 0 Å². The molecule has 96 valence electrons. The van der Waals surface area contributed by atoms with Crippen LogP contribution in [0.4, 0.5) is 4.79 Å². The zero-order chi connectivity index (χ0) is 13.0. The molecule has 0 aliphatic carbocycles. The molecule has 1 aromatic rings. The summed E-state index contributed by atoms with van der Waals surface area (Å²) >= 11 is 0. The summed E-state index contributed by atoms with van der Waals surface area (Å²) in [4.78, 5) is 23.3. The van der Waals surface area contributed by atoms with E-state index < -0.39 is 11.5 Å². The van der Waals surface area contributed by atoms with E-state index in [1.54, 1.807) is 0 Å². The number of hydrogen-bond acceptors (Lipinski definition) is 3. The number of ether oxygens (including phenoxy) is 1. The van der Waals surface area contributed by atoms with Crippen LogP contribution in [-0.2, 0) is 14.9 Å². The number of nitrogens with one attached hydrogen (secondary N) is 1. The molecule has 1 unspecified atom stereocenters. The van der Waals surface area contributed by atoms with Gasteiger partial charge in [0.05, 0.1) is 0 Å². The average Bonchev–Trinajstić information content (AvgIpc) is 2.39. The Balaban J connectivity index is 2.34. The van der Waals surface area contributed by atoms with Gasteiger partial charge in [0.15, 0.2) is 0 Å². The van der Waals surface area contributed by atoms with Gasteiger partial charge in [-0.3, -0.25) is 10.1 Å². The molecular weight excluding hydrogens is 230 g/mol. The molecule has 0 saturated carbocycles. The number of alkyl carbamates (subject to hydrolysis) is 1. The van der Waals surface area contributed by atoms with Crippen LogP contribution in [0.2, 0.25) is 0 Å². The molecule has 0 spiro atoms. The van der Waals surface area contributed by atoms with Gasteiger partial charge in [0.25, 0.3) is 0 Å². The van der Waals surface area contributed by atoms with Crippen LogP contribution in [0.1, 0.15) is 31.7 Å². The van der Waals surface area contributed by atoms with Gasteiger partial charge in [-0.05, 0) is 12.0 Å². The lowest BCUT2D eigenvalue weighted by Gasteiger charge is -2.35. The largest absolute Gasteiger partial charge is 0.448 e. The third-order valence-electron chi connectivity index (χ3n) is 3.38. The van der Waals surface area contributed by atoms with Crippen LogP contribution in [-0.4, -0.2) is 18.6 Å². The Bertz CT molecular complexity index is 444. The number of unbranched alkanes of at least 4 members (excludes halogenated alkanes) is 1. The highest BCUT2D eigenvalue weighted by atomic mass is 16.6. The summed E-state index contributed by atoms with van der Waals surface area (Å²) in [5, 5.41) is 2.28. The van der Waals surface area contributed by atoms with Crippen molar-refractivity contribution in [3.63, 3.8) is 0 Å². The fourth-order valence-electron chi connectivity index (χ4n) is 2.28. The highest BCUT2D eigenvalue weighted by Crippen LogP contribution is 2.32. The molecule has 0 bridgehead atoms. The predicted octanol–water partition coefficient (Wildman–Crippen LogP) is 2.38. The summed E-state index contributed by atoms with van der Waals surface area (Å²) in [5.41, 5.74) is 0.175. The smallest absolute Gasteiger partial charge is 0.413 e. The molecule has 4 nitrogen and oxygen atoms in total. The van der Waals surface area contributed by atoms with Gasteiger partial charge >= 0.3 is 6.09 Å². The van der Waals surface area contributed by atoms with Gasteiger partial charge in [-0.25, -0.2) is 4.79 Å². The van der Waals surface area contributed by atoms with Crippen molar-refractivity contribution >= 4 is 12.0 Å². The minimum absolute atomic E-state index is 0.127. The van der Waals surface area contributed by atoms with Crippen LogP contribution in [0.25, 0.3) is 0 Å². The number of imide groups is 1. The second kappa shape index (κ2) is 5.21. The first-order valence-corrected chi connectivity index (χ1v) is 6.23. The molecule has 4 heteroatoms. The van der Waals surface area contributed by atoms with E-state index in [9.17, 15) is 9.59 Å². The first-order chi connectivity index (χ1) is 8.69. The Morgan fingerprint density at radius 3 is 2.61 bits per heavy atom. The summed E-state index contributed by atoms with van der Waals surface area (Å²) in [5.74, 6) is -0.251. The Hall–Kier alpha value is -1.84. The van der Waals surface area contributed by atoms with Crippen LogP contribution in [0.5, 0.6) is 0 Å². The fraction of sp³-hybridized carbons (Fsp3) is 0.429. The topological polar surface area (TPSA) is 55.4 Å². The Morgan fingerprint density at radius 1 is 1.28 bits per heavy atom. The normalized spacial score (nSPS) is 23.4. The molecule has 0 aromatic heterocycles. The molecule has 2 rings (SSSR count). The highest BCUT2D eigenvalue weighted by molar-refractivity contribution is 6.00. The van der Waals surface area contributed by atoms with E-state index in [1.165, 1.54) is 0 Å². The summed E-state index contributed by atoms with van der Waals surface area (Å²) in [6, 6.07) is 9.52. The molecule has 1 N–H and O–H groups in total. The van der Waals surface area contributed by atoms with Crippen LogP contribution in [0.15, 0.2) is 30.3 Å². The van der Waals surface area contributed by atoms with Crippen molar-refractivity contribution in [2.75, 3.05) is 6.61 Å². The third kappa shape index (κ3) is 2.23. The van der Waals surface area contributed by atoms with Gasteiger partial charge < -0.3 is 4.74 Å². The maximum absolute atomic E-state index is 12.2. The van der Waals surface area contributed by atoms with Gasteiger partial charge in [-0.15, -0.1) is 0 Å². The maximum Gasteiger partial charge on any atom is 0.413 e. The lowest BCUT2D eigenvalue weighted by atomic mass is 9.75. The van der Waals surface area contributed by atoms with E-state index >= 15 is 0 Å². The molecule has 1 aliphatic heterocycles. The standard InChI is InChI=1S/C14H17NO3/c1-2-3-9-14(11-7-5-4-6-8-11)10-18-13(17)15-12(14)16/h4-8H,2-3,9-10H2,1H3,(H,15,16,17). The molecular formula is C14H17NO3. The quantitative estimate of drug-likeness (QED) is 0.888. The van der Waals surface area contributed by atoms with Crippen molar-refractivity contribution < 1.29 is 14.3 Å². The molecule has 0 radical (unpaired) electrons. The van der Waals surface area contributed by atoms with E-state index in [4.69, 9.17) is 4.74 Å². The second-order valence-corrected chi connectivity index (χ2v) is 4.58. The maximum atomic E-state index is 12.2. The van der Waals surface area contributed by atoms with Crippen LogP contribution in [0, 0.1) is 0 Å². The number of rotatable bonds is 4. The zero-order valence-corrected chi connectivity index (χ0v) is 10.4. The summed E-state index contributed by atoms with van der Waals surface area (Å²) in [6.45, 7) is 2.20. The van der Waals surface area contributed by atoms with Crippen molar-refractivity contribution in [1.29, 1.82) is 0 Å². The number of amides is 2. The van der Waals surface area contributed by atoms with Crippen molar-refractivity contribution in [1.82, 2.24) is 5.32 Å². The van der Waals surface area contributed by atoms with Gasteiger partial charge in [0.1, 0.15) is 12.0 Å². The minimum atomic E-state index is -0.731. The van der Waals surface area contributed by atoms with Gasteiger partial charge in [0.2, 0.25) is 5.91 Å². The highest BCUT2D eigenvalue weighted by Gasteiger charge is 2.45. The molecule has 1 aliphatic rings. The number of carbonyl (C=O) groups excluding carboxylic acids is 2. The van der Waals surface area contributed by atoms with Crippen molar-refractivity contribution in [2.45, 2.75) is 31.6 Å². The van der Waals surface area contributed by atoms with Crippen LogP contribution < -0.4 is 5.32 Å². The molecule has 1 atom stereocenters. The monoisotopic (exact) mass is 247 g/mol. The molecule has 1 fully saturated rings. The average molecular weight is 247 g/mol. The van der Waals surface area contributed by atoms with Crippen LogP contribution >= 0.6 is 0 Å². The Kier molecular flexibility index (Phi) is 3.65. The Labute approximate surface area is 106 Å². The van der Waals surface area contributed by atoms with E-state index in [1.807, 2.05) is 30.3 Å². The van der Waals surface area contributed by atoms with Gasteiger partial charge in [-0.2, -0.15) is 0 Å². The Morgan fingerprint density at radius 2 is 2.00 bits per heavy atom. The lowest BCUT2D eigenvalue weighted by Crippen LogP contribution is -2.55. The molecule has 1 aromatic carbocycles.